The van der Waals surface area contributed by atoms with Gasteiger partial charge in [0.05, 0.1) is 6.54 Å². The van der Waals surface area contributed by atoms with E-state index in [1.54, 1.807) is 12.1 Å². The van der Waals surface area contributed by atoms with Crippen LogP contribution in [0.2, 0.25) is 5.02 Å². The van der Waals surface area contributed by atoms with Gasteiger partial charge in [0.1, 0.15) is 11.5 Å². The summed E-state index contributed by atoms with van der Waals surface area (Å²) in [6.45, 7) is 0.252. The molecule has 1 saturated carbocycles. The Kier molecular flexibility index (Phi) is 4.41. The molecule has 120 valence electrons. The zero-order valence-electron chi connectivity index (χ0n) is 12.4. The summed E-state index contributed by atoms with van der Waals surface area (Å²) < 4.78 is 5.81. The third-order valence-electron chi connectivity index (χ3n) is 3.92. The second kappa shape index (κ2) is 6.48. The number of rotatable bonds is 5. The molecular formula is C17H17ClN2O3. The number of hydroxylamine groups is 2. The molecule has 3 rings (SSSR count). The molecule has 2 atom stereocenters. The molecule has 0 aliphatic heterocycles. The van der Waals surface area contributed by atoms with Crippen molar-refractivity contribution in [2.45, 2.75) is 12.3 Å². The molecule has 6 heteroatoms. The first-order valence-corrected chi connectivity index (χ1v) is 7.70. The van der Waals surface area contributed by atoms with Crippen molar-refractivity contribution in [3.63, 3.8) is 0 Å². The molecule has 3 N–H and O–H groups in total. The van der Waals surface area contributed by atoms with Crippen molar-refractivity contribution in [3.8, 4) is 11.5 Å². The van der Waals surface area contributed by atoms with E-state index in [1.807, 2.05) is 36.4 Å². The van der Waals surface area contributed by atoms with E-state index in [0.29, 0.717) is 21.8 Å². The summed E-state index contributed by atoms with van der Waals surface area (Å²) >= 11 is 5.86. The fourth-order valence-corrected chi connectivity index (χ4v) is 2.74. The average Bonchev–Trinajstić information content (AvgIpc) is 3.29. The van der Waals surface area contributed by atoms with E-state index in [1.165, 1.54) is 0 Å². The fourth-order valence-electron chi connectivity index (χ4n) is 2.62. The van der Waals surface area contributed by atoms with Crippen LogP contribution < -0.4 is 10.5 Å². The van der Waals surface area contributed by atoms with Gasteiger partial charge in [-0.2, -0.15) is 0 Å². The van der Waals surface area contributed by atoms with Crippen LogP contribution in [0, 0.1) is 5.92 Å². The lowest BCUT2D eigenvalue weighted by Crippen LogP contribution is -2.34. The number of carbonyl (C=O) groups is 1. The molecule has 2 amide bonds. The van der Waals surface area contributed by atoms with Crippen molar-refractivity contribution >= 4 is 17.6 Å². The number of ether oxygens (including phenoxy) is 1. The minimum atomic E-state index is -0.824. The SMILES string of the molecule is NC(=O)N(O)CC1CC1c1cccc(Oc2ccc(Cl)cc2)c1. The topological polar surface area (TPSA) is 75.8 Å². The van der Waals surface area contributed by atoms with Crippen LogP contribution in [0.3, 0.4) is 0 Å². The van der Waals surface area contributed by atoms with Crippen molar-refractivity contribution in [1.29, 1.82) is 0 Å². The summed E-state index contributed by atoms with van der Waals surface area (Å²) in [4.78, 5) is 10.9. The first kappa shape index (κ1) is 15.6. The molecule has 2 aromatic carbocycles. The maximum atomic E-state index is 10.9. The largest absolute Gasteiger partial charge is 0.457 e. The lowest BCUT2D eigenvalue weighted by molar-refractivity contribution is -0.0431. The number of hydrogen-bond donors (Lipinski definition) is 2. The van der Waals surface area contributed by atoms with Crippen LogP contribution in [0.5, 0.6) is 11.5 Å². The minimum absolute atomic E-state index is 0.221. The number of benzene rings is 2. The van der Waals surface area contributed by atoms with Gasteiger partial charge in [0.25, 0.3) is 0 Å². The maximum absolute atomic E-state index is 10.9. The number of halogens is 1. The lowest BCUT2D eigenvalue weighted by atomic mass is 10.1. The smallest absolute Gasteiger partial charge is 0.338 e. The molecule has 0 spiro atoms. The Labute approximate surface area is 139 Å². The highest BCUT2D eigenvalue weighted by Gasteiger charge is 2.40. The van der Waals surface area contributed by atoms with Gasteiger partial charge in [0.15, 0.2) is 0 Å². The summed E-state index contributed by atoms with van der Waals surface area (Å²) in [5.41, 5.74) is 6.15. The maximum Gasteiger partial charge on any atom is 0.338 e. The number of nitrogens with two attached hydrogens (primary N) is 1. The molecule has 0 heterocycles. The summed E-state index contributed by atoms with van der Waals surface area (Å²) in [7, 11) is 0. The van der Waals surface area contributed by atoms with E-state index in [0.717, 1.165) is 17.7 Å². The van der Waals surface area contributed by atoms with Gasteiger partial charge < -0.3 is 10.5 Å². The standard InChI is InChI=1S/C17H17ClN2O3/c18-13-4-6-14(7-5-13)23-15-3-1-2-11(8-15)16-9-12(16)10-20(22)17(19)21/h1-8,12,16,22H,9-10H2,(H2,19,21). The molecule has 0 aromatic heterocycles. The zero-order valence-corrected chi connectivity index (χ0v) is 13.1. The fraction of sp³-hybridized carbons (Fsp3) is 0.235. The normalized spacial score (nSPS) is 19.2. The summed E-state index contributed by atoms with van der Waals surface area (Å²) in [6, 6.07) is 14.2. The van der Waals surface area contributed by atoms with Crippen molar-refractivity contribution in [2.24, 2.45) is 11.7 Å². The van der Waals surface area contributed by atoms with E-state index < -0.39 is 6.03 Å². The van der Waals surface area contributed by atoms with Gasteiger partial charge in [-0.15, -0.1) is 0 Å². The quantitative estimate of drug-likeness (QED) is 0.641. The highest BCUT2D eigenvalue weighted by atomic mass is 35.5. The molecule has 23 heavy (non-hydrogen) atoms. The highest BCUT2D eigenvalue weighted by Crippen LogP contribution is 2.48. The van der Waals surface area contributed by atoms with Gasteiger partial charge in [-0.05, 0) is 60.2 Å². The molecule has 2 aromatic rings. The molecule has 1 fully saturated rings. The molecule has 1 aliphatic rings. The predicted octanol–water partition coefficient (Wildman–Crippen LogP) is 4.01. The molecule has 0 bridgehead atoms. The van der Waals surface area contributed by atoms with E-state index in [4.69, 9.17) is 22.1 Å². The molecule has 2 unspecified atom stereocenters. The van der Waals surface area contributed by atoms with Gasteiger partial charge >= 0.3 is 6.03 Å². The second-order valence-corrected chi connectivity index (χ2v) is 6.09. The minimum Gasteiger partial charge on any atom is -0.457 e. The van der Waals surface area contributed by atoms with Crippen LogP contribution >= 0.6 is 11.6 Å². The van der Waals surface area contributed by atoms with E-state index >= 15 is 0 Å². The number of hydrogen-bond acceptors (Lipinski definition) is 3. The Balaban J connectivity index is 1.64. The van der Waals surface area contributed by atoms with E-state index in [2.05, 4.69) is 0 Å². The van der Waals surface area contributed by atoms with Gasteiger partial charge in [0, 0.05) is 5.02 Å². The molecule has 1 aliphatic carbocycles. The monoisotopic (exact) mass is 332 g/mol. The van der Waals surface area contributed by atoms with Crippen molar-refractivity contribution in [2.75, 3.05) is 6.54 Å². The van der Waals surface area contributed by atoms with Gasteiger partial charge in [-0.25, -0.2) is 9.86 Å². The summed E-state index contributed by atoms with van der Waals surface area (Å²) in [5.74, 6) is 1.98. The number of amides is 2. The third kappa shape index (κ3) is 3.94. The summed E-state index contributed by atoms with van der Waals surface area (Å²) in [5, 5.41) is 10.6. The van der Waals surface area contributed by atoms with Crippen molar-refractivity contribution in [3.05, 3.63) is 59.1 Å². The molecule has 0 radical (unpaired) electrons. The van der Waals surface area contributed by atoms with Gasteiger partial charge in [-0.3, -0.25) is 5.21 Å². The Morgan fingerprint density at radius 1 is 1.26 bits per heavy atom. The number of primary amides is 1. The Morgan fingerprint density at radius 3 is 2.70 bits per heavy atom. The number of nitrogens with zero attached hydrogens (tertiary/aromatic N) is 1. The third-order valence-corrected chi connectivity index (χ3v) is 4.17. The Morgan fingerprint density at radius 2 is 2.00 bits per heavy atom. The van der Waals surface area contributed by atoms with E-state index in [-0.39, 0.29) is 12.5 Å². The van der Waals surface area contributed by atoms with Crippen LogP contribution in [-0.4, -0.2) is 22.8 Å². The van der Waals surface area contributed by atoms with E-state index in [9.17, 15) is 10.0 Å². The lowest BCUT2D eigenvalue weighted by Gasteiger charge is -2.11. The van der Waals surface area contributed by atoms with Crippen LogP contribution in [0.25, 0.3) is 0 Å². The number of urea groups is 1. The second-order valence-electron chi connectivity index (χ2n) is 5.65. The van der Waals surface area contributed by atoms with Crippen LogP contribution in [-0.2, 0) is 0 Å². The first-order chi connectivity index (χ1) is 11.0. The van der Waals surface area contributed by atoms with Gasteiger partial charge in [-0.1, -0.05) is 23.7 Å². The highest BCUT2D eigenvalue weighted by molar-refractivity contribution is 6.30. The van der Waals surface area contributed by atoms with Crippen LogP contribution in [0.15, 0.2) is 48.5 Å². The van der Waals surface area contributed by atoms with Crippen molar-refractivity contribution in [1.82, 2.24) is 5.06 Å². The zero-order chi connectivity index (χ0) is 16.4. The Hall–Kier alpha value is -2.24. The number of carbonyl (C=O) groups excluding carboxylic acids is 1. The molecule has 5 nitrogen and oxygen atoms in total. The van der Waals surface area contributed by atoms with Crippen LogP contribution in [0.1, 0.15) is 17.9 Å². The molecular weight excluding hydrogens is 316 g/mol. The summed E-state index contributed by atoms with van der Waals surface area (Å²) in [6.07, 6.45) is 0.911. The Bertz CT molecular complexity index is 705. The van der Waals surface area contributed by atoms with Gasteiger partial charge in [0.2, 0.25) is 0 Å². The van der Waals surface area contributed by atoms with Crippen LogP contribution in [0.4, 0.5) is 4.79 Å². The predicted molar refractivity (Wildman–Crippen MR) is 86.9 cm³/mol. The molecule has 0 saturated heterocycles. The first-order valence-electron chi connectivity index (χ1n) is 7.32. The average molecular weight is 333 g/mol. The van der Waals surface area contributed by atoms with Crippen molar-refractivity contribution < 1.29 is 14.7 Å².